The number of carbonyl (C=O) groups excluding carboxylic acids is 3. The normalized spacial score (nSPS) is 23.5. The van der Waals surface area contributed by atoms with Crippen molar-refractivity contribution >= 4 is 42.4 Å². The first-order chi connectivity index (χ1) is 26.8. The average Bonchev–Trinajstić information content (AvgIpc) is 3.63. The molecule has 294 valence electrons. The number of benzene rings is 4. The Bertz CT molecular complexity index is 2110. The van der Waals surface area contributed by atoms with E-state index in [9.17, 15) is 19.8 Å². The fourth-order valence-electron chi connectivity index (χ4n) is 9.23. The molecule has 4 aromatic carbocycles. The van der Waals surface area contributed by atoms with E-state index in [1.807, 2.05) is 60.7 Å². The lowest BCUT2D eigenvalue weighted by Gasteiger charge is -2.39. The fourth-order valence-corrected chi connectivity index (χ4v) is 13.2. The van der Waals surface area contributed by atoms with Crippen LogP contribution in [-0.2, 0) is 44.2 Å². The topological polar surface area (TPSA) is 138 Å². The van der Waals surface area contributed by atoms with Gasteiger partial charge < -0.3 is 39.5 Å². The largest absolute Gasteiger partial charge is 0.497 e. The number of nitrogens with one attached hydrogen (secondary N) is 1. The number of methoxy groups -OCH3 is 2. The number of nitrogens with zero attached hydrogens (tertiary/aromatic N) is 2. The third kappa shape index (κ3) is 6.89. The van der Waals surface area contributed by atoms with E-state index in [1.165, 1.54) is 6.92 Å². The Kier molecular flexibility index (Phi) is 10.9. The van der Waals surface area contributed by atoms with Gasteiger partial charge in [0.1, 0.15) is 17.6 Å². The van der Waals surface area contributed by atoms with Crippen molar-refractivity contribution in [3.05, 3.63) is 113 Å². The first-order valence-electron chi connectivity index (χ1n) is 19.2. The van der Waals surface area contributed by atoms with E-state index in [-0.39, 0.29) is 48.9 Å². The number of hydrogen-bond donors (Lipinski definition) is 3. The molecule has 12 heteroatoms. The summed E-state index contributed by atoms with van der Waals surface area (Å²) < 4.78 is 18.5. The maximum Gasteiger partial charge on any atom is 0.264 e. The molecule has 0 unspecified atom stereocenters. The van der Waals surface area contributed by atoms with Crippen LogP contribution in [0.25, 0.3) is 0 Å². The van der Waals surface area contributed by atoms with Gasteiger partial charge in [0.2, 0.25) is 5.91 Å². The summed E-state index contributed by atoms with van der Waals surface area (Å²) in [6, 6.07) is 28.6. The maximum absolute atomic E-state index is 15.3. The highest BCUT2D eigenvalue weighted by Crippen LogP contribution is 2.60. The molecule has 0 aliphatic carbocycles. The number of anilines is 2. The number of ether oxygens (including phenoxy) is 3. The number of aliphatic hydroxyl groups excluding tert-OH is 2. The summed E-state index contributed by atoms with van der Waals surface area (Å²) in [6.45, 7) is 8.53. The third-order valence-corrected chi connectivity index (χ3v) is 16.6. The molecule has 3 N–H and O–H groups in total. The average molecular weight is 778 g/mol. The van der Waals surface area contributed by atoms with Gasteiger partial charge in [-0.2, -0.15) is 0 Å². The summed E-state index contributed by atoms with van der Waals surface area (Å²) in [5, 5.41) is 24.0. The van der Waals surface area contributed by atoms with Crippen LogP contribution in [0.2, 0.25) is 18.6 Å². The summed E-state index contributed by atoms with van der Waals surface area (Å²) in [6.07, 6.45) is -1.15. The van der Waals surface area contributed by atoms with Gasteiger partial charge in [0, 0.05) is 23.7 Å². The van der Waals surface area contributed by atoms with Crippen LogP contribution in [0.1, 0.15) is 42.5 Å². The van der Waals surface area contributed by atoms with Crippen molar-refractivity contribution in [2.75, 3.05) is 31.0 Å². The molecule has 3 aliphatic heterocycles. The van der Waals surface area contributed by atoms with Crippen molar-refractivity contribution in [3.8, 4) is 11.5 Å². The van der Waals surface area contributed by atoms with Crippen molar-refractivity contribution < 1.29 is 38.8 Å². The Morgan fingerprint density at radius 1 is 0.964 bits per heavy atom. The van der Waals surface area contributed by atoms with Crippen molar-refractivity contribution in [1.82, 2.24) is 4.90 Å². The summed E-state index contributed by atoms with van der Waals surface area (Å²) in [5.41, 5.74) is 3.38. The van der Waals surface area contributed by atoms with Gasteiger partial charge in [-0.1, -0.05) is 73.7 Å². The second kappa shape index (κ2) is 15.5. The molecule has 56 heavy (non-hydrogen) atoms. The Morgan fingerprint density at radius 2 is 1.62 bits per heavy atom. The van der Waals surface area contributed by atoms with Crippen molar-refractivity contribution in [3.63, 3.8) is 0 Å². The first-order valence-corrected chi connectivity index (χ1v) is 22.3. The van der Waals surface area contributed by atoms with E-state index in [0.717, 1.165) is 27.6 Å². The molecule has 6 atom stereocenters. The van der Waals surface area contributed by atoms with Gasteiger partial charge >= 0.3 is 0 Å². The van der Waals surface area contributed by atoms with Gasteiger partial charge in [-0.3, -0.25) is 14.4 Å². The van der Waals surface area contributed by atoms with Crippen LogP contribution in [0, 0.1) is 5.92 Å². The van der Waals surface area contributed by atoms with E-state index >= 15 is 4.79 Å². The zero-order valence-corrected chi connectivity index (χ0v) is 33.8. The van der Waals surface area contributed by atoms with Crippen LogP contribution < -0.4 is 24.9 Å². The van der Waals surface area contributed by atoms with Gasteiger partial charge in [-0.25, -0.2) is 0 Å². The van der Waals surface area contributed by atoms with Gasteiger partial charge in [0.25, 0.3) is 11.8 Å². The molecule has 0 bridgehead atoms. The van der Waals surface area contributed by atoms with Crippen molar-refractivity contribution in [2.45, 2.75) is 82.3 Å². The Hall–Kier alpha value is -5.01. The molecule has 7 rings (SSSR count). The molecule has 3 aliphatic rings. The monoisotopic (exact) mass is 777 g/mol. The second-order valence-electron chi connectivity index (χ2n) is 15.8. The van der Waals surface area contributed by atoms with Gasteiger partial charge in [-0.15, -0.1) is 0 Å². The van der Waals surface area contributed by atoms with Crippen LogP contribution in [0.5, 0.6) is 11.5 Å². The Balaban J connectivity index is 1.28. The predicted octanol–water partition coefficient (Wildman–Crippen LogP) is 5.12. The highest BCUT2D eigenvalue weighted by molar-refractivity contribution is 6.91. The second-order valence-corrected chi connectivity index (χ2v) is 20.5. The van der Waals surface area contributed by atoms with Gasteiger partial charge in [0.15, 0.2) is 5.60 Å². The highest BCUT2D eigenvalue weighted by Gasteiger charge is 2.66. The Morgan fingerprint density at radius 3 is 2.27 bits per heavy atom. The zero-order chi connectivity index (χ0) is 39.9. The molecule has 3 heterocycles. The summed E-state index contributed by atoms with van der Waals surface area (Å²) in [4.78, 5) is 45.5. The molecule has 11 nitrogen and oxygen atoms in total. The lowest BCUT2D eigenvalue weighted by Crippen LogP contribution is -2.52. The minimum Gasteiger partial charge on any atom is -0.497 e. The number of aliphatic hydroxyl groups is 2. The molecule has 0 radical (unpaired) electrons. The predicted molar refractivity (Wildman–Crippen MR) is 217 cm³/mol. The number of carbonyl (C=O) groups is 3. The molecular weight excluding hydrogens is 727 g/mol. The maximum atomic E-state index is 15.3. The van der Waals surface area contributed by atoms with E-state index in [4.69, 9.17) is 14.2 Å². The van der Waals surface area contributed by atoms with Crippen molar-refractivity contribution in [2.24, 2.45) is 5.92 Å². The SMILES string of the molecule is COc1ccc([Si](C)(C)[C@@H]2[C@@H](CC(=O)N3Cc4ccccc4C[C@H]3CO)O[C@]3(C(=O)N(Cc4ccc(NC(=O)[C@H](C)O)cc4)c4ccc(OC)cc43)[C@H]2C)cc1. The lowest BCUT2D eigenvalue weighted by atomic mass is 9.82. The van der Waals surface area contributed by atoms with Crippen LogP contribution in [0.3, 0.4) is 0 Å². The van der Waals surface area contributed by atoms with Crippen LogP contribution >= 0.6 is 0 Å². The van der Waals surface area contributed by atoms with E-state index < -0.39 is 31.8 Å². The first kappa shape index (κ1) is 39.2. The molecule has 1 saturated heterocycles. The molecule has 3 amide bonds. The fraction of sp³-hybridized carbons (Fsp3) is 0.386. The molecule has 0 saturated carbocycles. The van der Waals surface area contributed by atoms with Gasteiger partial charge in [-0.05, 0) is 78.0 Å². The summed E-state index contributed by atoms with van der Waals surface area (Å²) >= 11 is 0. The van der Waals surface area contributed by atoms with Crippen LogP contribution in [0.15, 0.2) is 91.0 Å². The summed E-state index contributed by atoms with van der Waals surface area (Å²) in [7, 11) is 0.683. The van der Waals surface area contributed by atoms with Crippen LogP contribution in [-0.4, -0.2) is 80.0 Å². The van der Waals surface area contributed by atoms with E-state index in [2.05, 4.69) is 43.5 Å². The smallest absolute Gasteiger partial charge is 0.264 e. The number of rotatable bonds is 11. The molecule has 0 aromatic heterocycles. The molecule has 1 fully saturated rings. The van der Waals surface area contributed by atoms with E-state index in [0.29, 0.717) is 35.7 Å². The minimum atomic E-state index is -2.55. The molecule has 4 aromatic rings. The molecular formula is C44H51N3O8Si. The number of amides is 3. The minimum absolute atomic E-state index is 0.0498. The number of hydrogen-bond acceptors (Lipinski definition) is 8. The van der Waals surface area contributed by atoms with E-state index in [1.54, 1.807) is 36.2 Å². The van der Waals surface area contributed by atoms with Crippen LogP contribution in [0.4, 0.5) is 11.4 Å². The quantitative estimate of drug-likeness (QED) is 0.179. The van der Waals surface area contributed by atoms with Crippen molar-refractivity contribution in [1.29, 1.82) is 0 Å². The van der Waals surface area contributed by atoms with Gasteiger partial charge in [0.05, 0.1) is 59.7 Å². The zero-order valence-electron chi connectivity index (χ0n) is 32.8. The molecule has 1 spiro atoms. The number of fused-ring (bicyclic) bond motifs is 3. The third-order valence-electron chi connectivity index (χ3n) is 12.2. The lowest BCUT2D eigenvalue weighted by molar-refractivity contribution is -0.151. The summed E-state index contributed by atoms with van der Waals surface area (Å²) in [5.74, 6) is 0.158. The highest BCUT2D eigenvalue weighted by atomic mass is 28.3. The Labute approximate surface area is 329 Å². The standard InChI is InChI=1S/C44H51N3O8Si/c1-27-41(56(5,6)36-18-15-34(53-3)16-19-36)39(23-40(50)46-25-31-10-8-7-9-30(31)21-33(46)26-48)55-44(27)37-22-35(54-4)17-20-38(37)47(43(44)52)24-29-11-13-32(14-12-29)45-42(51)28(2)49/h7-20,22,27-28,33,39,41,48-49H,21,23-26H2,1-6H3,(H,45,51)/t27-,28-,33-,39+,41-,44+/m0/s1.